The number of rotatable bonds is 8. The Bertz CT molecular complexity index is 959. The number of hydrogen-bond acceptors (Lipinski definition) is 7. The monoisotopic (exact) mass is 404 g/mol. The number of aliphatic hydroxyl groups excluding tert-OH is 1. The molecular formula is C19H25ClN6O2. The highest BCUT2D eigenvalue weighted by molar-refractivity contribution is 6.32. The van der Waals surface area contributed by atoms with Gasteiger partial charge in [0, 0.05) is 18.7 Å². The van der Waals surface area contributed by atoms with Crippen LogP contribution in [0.15, 0.2) is 24.5 Å². The zero-order valence-corrected chi connectivity index (χ0v) is 16.9. The van der Waals surface area contributed by atoms with Gasteiger partial charge in [0.1, 0.15) is 5.75 Å². The van der Waals surface area contributed by atoms with Gasteiger partial charge in [-0.25, -0.2) is 4.98 Å². The minimum absolute atomic E-state index is 0.0413. The van der Waals surface area contributed by atoms with Crippen molar-refractivity contribution < 1.29 is 10.2 Å². The van der Waals surface area contributed by atoms with E-state index in [9.17, 15) is 10.2 Å². The normalized spacial score (nSPS) is 13.5. The lowest BCUT2D eigenvalue weighted by Crippen LogP contribution is -2.31. The van der Waals surface area contributed by atoms with Crippen LogP contribution < -0.4 is 10.6 Å². The molecule has 2 aromatic heterocycles. The number of aliphatic hydroxyl groups is 1. The number of nitrogens with zero attached hydrogens (tertiary/aromatic N) is 4. The molecule has 0 saturated carbocycles. The number of hydrogen-bond donors (Lipinski definition) is 4. The van der Waals surface area contributed by atoms with Crippen LogP contribution in [0.1, 0.15) is 32.8 Å². The first kappa shape index (κ1) is 20.2. The number of aromatic nitrogens is 4. The molecule has 0 amide bonds. The van der Waals surface area contributed by atoms with E-state index in [1.165, 1.54) is 0 Å². The minimum atomic E-state index is -0.541. The molecule has 3 rings (SSSR count). The van der Waals surface area contributed by atoms with Gasteiger partial charge in [-0.05, 0) is 26.3 Å². The second-order valence-electron chi connectivity index (χ2n) is 6.60. The Labute approximate surface area is 168 Å². The Morgan fingerprint density at radius 3 is 2.71 bits per heavy atom. The number of para-hydroxylation sites is 1. The summed E-state index contributed by atoms with van der Waals surface area (Å²) in [6.45, 7) is 6.77. The van der Waals surface area contributed by atoms with Gasteiger partial charge in [0.25, 0.3) is 0 Å². The van der Waals surface area contributed by atoms with Crippen LogP contribution in [0.25, 0.3) is 11.2 Å². The summed E-state index contributed by atoms with van der Waals surface area (Å²) in [6, 6.07) is 5.04. The van der Waals surface area contributed by atoms with Crippen molar-refractivity contribution in [3.63, 3.8) is 0 Å². The molecule has 1 aromatic carbocycles. The van der Waals surface area contributed by atoms with Gasteiger partial charge in [0.2, 0.25) is 5.95 Å². The standard InChI is InChI=1S/C19H25ClN6O2/c1-4-14(11(3)27)23-19-24-17(15-18(25-19)26(5-2)10-22-15)21-9-12-7-6-8-13(20)16(12)28/h6-8,10-11,14,27-28H,4-5,9H2,1-3H3,(H2,21,23,24,25). The lowest BCUT2D eigenvalue weighted by Gasteiger charge is -2.20. The highest BCUT2D eigenvalue weighted by Crippen LogP contribution is 2.28. The summed E-state index contributed by atoms with van der Waals surface area (Å²) in [6.07, 6.45) is 1.91. The Balaban J connectivity index is 1.95. The average molecular weight is 405 g/mol. The number of fused-ring (bicyclic) bond motifs is 1. The number of phenolic OH excluding ortho intramolecular Hbond substituents is 1. The van der Waals surface area contributed by atoms with E-state index in [1.807, 2.05) is 18.4 Å². The van der Waals surface area contributed by atoms with Crippen molar-refractivity contribution in [2.24, 2.45) is 0 Å². The van der Waals surface area contributed by atoms with Gasteiger partial charge < -0.3 is 25.4 Å². The van der Waals surface area contributed by atoms with E-state index in [0.29, 0.717) is 40.1 Å². The molecule has 0 radical (unpaired) electrons. The summed E-state index contributed by atoms with van der Waals surface area (Å²) in [7, 11) is 0. The molecule has 0 saturated heterocycles. The van der Waals surface area contributed by atoms with Gasteiger partial charge in [-0.15, -0.1) is 0 Å². The quantitative estimate of drug-likeness (QED) is 0.455. The summed E-state index contributed by atoms with van der Waals surface area (Å²) in [5.41, 5.74) is 1.98. The summed E-state index contributed by atoms with van der Waals surface area (Å²) in [4.78, 5) is 13.6. The Morgan fingerprint density at radius 1 is 1.25 bits per heavy atom. The lowest BCUT2D eigenvalue weighted by atomic mass is 10.1. The number of halogens is 1. The Hall–Kier alpha value is -2.58. The molecular weight excluding hydrogens is 380 g/mol. The topological polar surface area (TPSA) is 108 Å². The Morgan fingerprint density at radius 2 is 2.04 bits per heavy atom. The molecule has 0 spiro atoms. The lowest BCUT2D eigenvalue weighted by molar-refractivity contribution is 0.169. The van der Waals surface area contributed by atoms with Crippen LogP contribution >= 0.6 is 11.6 Å². The summed E-state index contributed by atoms with van der Waals surface area (Å²) in [5, 5.41) is 26.8. The van der Waals surface area contributed by atoms with Crippen molar-refractivity contribution in [1.29, 1.82) is 0 Å². The van der Waals surface area contributed by atoms with Crippen LogP contribution in [0.4, 0.5) is 11.8 Å². The minimum Gasteiger partial charge on any atom is -0.506 e. The molecule has 150 valence electrons. The molecule has 0 aliphatic carbocycles. The van der Waals surface area contributed by atoms with Crippen molar-refractivity contribution in [2.45, 2.75) is 52.4 Å². The predicted molar refractivity (Wildman–Crippen MR) is 111 cm³/mol. The first-order valence-electron chi connectivity index (χ1n) is 9.32. The predicted octanol–water partition coefficient (Wildman–Crippen LogP) is 3.39. The van der Waals surface area contributed by atoms with Gasteiger partial charge in [-0.2, -0.15) is 9.97 Å². The first-order chi connectivity index (χ1) is 13.4. The molecule has 0 bridgehead atoms. The number of benzene rings is 1. The molecule has 8 nitrogen and oxygen atoms in total. The third-order valence-corrected chi connectivity index (χ3v) is 4.96. The van der Waals surface area contributed by atoms with Gasteiger partial charge in [0.05, 0.1) is 23.5 Å². The van der Waals surface area contributed by atoms with Crippen molar-refractivity contribution in [3.8, 4) is 5.75 Å². The molecule has 0 aliphatic rings. The largest absolute Gasteiger partial charge is 0.506 e. The number of phenols is 1. The van der Waals surface area contributed by atoms with E-state index < -0.39 is 6.10 Å². The van der Waals surface area contributed by atoms with Gasteiger partial charge in [0.15, 0.2) is 17.0 Å². The van der Waals surface area contributed by atoms with Crippen molar-refractivity contribution in [2.75, 3.05) is 10.6 Å². The first-order valence-corrected chi connectivity index (χ1v) is 9.70. The van der Waals surface area contributed by atoms with Crippen LogP contribution in [0, 0.1) is 0 Å². The Kier molecular flexibility index (Phi) is 6.21. The van der Waals surface area contributed by atoms with Crippen molar-refractivity contribution >= 4 is 34.5 Å². The molecule has 0 fully saturated rings. The van der Waals surface area contributed by atoms with Crippen molar-refractivity contribution in [3.05, 3.63) is 35.1 Å². The van der Waals surface area contributed by atoms with Crippen LogP contribution in [-0.2, 0) is 13.1 Å². The average Bonchev–Trinajstić information content (AvgIpc) is 3.10. The molecule has 0 aliphatic heterocycles. The maximum atomic E-state index is 10.1. The van der Waals surface area contributed by atoms with E-state index in [1.54, 1.807) is 31.5 Å². The number of nitrogens with one attached hydrogen (secondary N) is 2. The zero-order chi connectivity index (χ0) is 20.3. The number of anilines is 2. The number of imidazole rings is 1. The second-order valence-corrected chi connectivity index (χ2v) is 7.01. The fourth-order valence-electron chi connectivity index (χ4n) is 2.97. The van der Waals surface area contributed by atoms with Crippen LogP contribution in [0.5, 0.6) is 5.75 Å². The highest BCUT2D eigenvalue weighted by Gasteiger charge is 2.18. The van der Waals surface area contributed by atoms with Gasteiger partial charge >= 0.3 is 0 Å². The van der Waals surface area contributed by atoms with Crippen LogP contribution in [-0.4, -0.2) is 41.9 Å². The van der Waals surface area contributed by atoms with E-state index in [2.05, 4.69) is 25.6 Å². The third-order valence-electron chi connectivity index (χ3n) is 4.66. The summed E-state index contributed by atoms with van der Waals surface area (Å²) in [5.74, 6) is 0.993. The third kappa shape index (κ3) is 4.13. The molecule has 9 heteroatoms. The van der Waals surface area contributed by atoms with Crippen LogP contribution in [0.2, 0.25) is 5.02 Å². The molecule has 3 aromatic rings. The van der Waals surface area contributed by atoms with Gasteiger partial charge in [-0.1, -0.05) is 30.7 Å². The summed E-state index contributed by atoms with van der Waals surface area (Å²) >= 11 is 5.99. The zero-order valence-electron chi connectivity index (χ0n) is 16.1. The molecule has 2 heterocycles. The maximum Gasteiger partial charge on any atom is 0.227 e. The maximum absolute atomic E-state index is 10.1. The fourth-order valence-corrected chi connectivity index (χ4v) is 3.17. The fraction of sp³-hybridized carbons (Fsp3) is 0.421. The molecule has 2 unspecified atom stereocenters. The van der Waals surface area contributed by atoms with Crippen molar-refractivity contribution in [1.82, 2.24) is 19.5 Å². The van der Waals surface area contributed by atoms with Gasteiger partial charge in [-0.3, -0.25) is 0 Å². The van der Waals surface area contributed by atoms with Crippen LogP contribution in [0.3, 0.4) is 0 Å². The van der Waals surface area contributed by atoms with E-state index in [-0.39, 0.29) is 11.8 Å². The smallest absolute Gasteiger partial charge is 0.227 e. The SMILES string of the molecule is CCC(Nc1nc(NCc2cccc(Cl)c2O)c2ncn(CC)c2n1)C(C)O. The molecule has 28 heavy (non-hydrogen) atoms. The molecule has 4 N–H and O–H groups in total. The number of aryl methyl sites for hydroxylation is 1. The second kappa shape index (κ2) is 8.62. The number of aromatic hydroxyl groups is 1. The summed E-state index contributed by atoms with van der Waals surface area (Å²) < 4.78 is 1.92. The van der Waals surface area contributed by atoms with E-state index >= 15 is 0 Å². The molecule has 2 atom stereocenters. The van der Waals surface area contributed by atoms with E-state index in [4.69, 9.17) is 11.6 Å². The van der Waals surface area contributed by atoms with E-state index in [0.717, 1.165) is 13.0 Å². The highest BCUT2D eigenvalue weighted by atomic mass is 35.5.